The minimum Gasteiger partial charge on any atom is -0.493 e. The third-order valence-corrected chi connectivity index (χ3v) is 9.11. The molecular formula is C29H41ClN4O6S. The minimum atomic E-state index is -3.09. The number of anilines is 1. The molecule has 0 spiro atoms. The molecule has 41 heavy (non-hydrogen) atoms. The van der Waals surface area contributed by atoms with Gasteiger partial charge in [-0.3, -0.25) is 9.80 Å². The van der Waals surface area contributed by atoms with Crippen LogP contribution >= 0.6 is 11.6 Å². The predicted octanol–water partition coefficient (Wildman–Crippen LogP) is 3.54. The second-order valence-electron chi connectivity index (χ2n) is 10.9. The van der Waals surface area contributed by atoms with Crippen molar-refractivity contribution in [1.82, 2.24) is 15.1 Å². The SMILES string of the molecule is COc1cc(NC(=O)NC2CN(CCS(C)(=O)=O)CC2N2CCC(Cc3ccc(Cl)cc3)CC2)cc(OC)c1OC. The fraction of sp³-hybridized carbons (Fsp3) is 0.552. The van der Waals surface area contributed by atoms with Gasteiger partial charge in [0.05, 0.1) is 38.8 Å². The first-order chi connectivity index (χ1) is 19.6. The number of halogens is 1. The van der Waals surface area contributed by atoms with E-state index < -0.39 is 9.84 Å². The topological polar surface area (TPSA) is 109 Å². The smallest absolute Gasteiger partial charge is 0.319 e. The molecule has 0 bridgehead atoms. The van der Waals surface area contributed by atoms with Crippen LogP contribution in [0, 0.1) is 5.92 Å². The quantitative estimate of drug-likeness (QED) is 0.399. The summed E-state index contributed by atoms with van der Waals surface area (Å²) in [6.45, 7) is 3.57. The van der Waals surface area contributed by atoms with Crippen molar-refractivity contribution in [3.63, 3.8) is 0 Å². The van der Waals surface area contributed by atoms with E-state index in [9.17, 15) is 13.2 Å². The van der Waals surface area contributed by atoms with Crippen LogP contribution in [0.5, 0.6) is 17.2 Å². The third kappa shape index (κ3) is 8.64. The van der Waals surface area contributed by atoms with Gasteiger partial charge in [-0.2, -0.15) is 0 Å². The Bertz CT molecular complexity index is 1260. The number of sulfone groups is 1. The van der Waals surface area contributed by atoms with Crippen molar-refractivity contribution < 1.29 is 27.4 Å². The molecule has 2 aliphatic rings. The summed E-state index contributed by atoms with van der Waals surface area (Å²) in [6.07, 6.45) is 4.40. The molecule has 12 heteroatoms. The lowest BCUT2D eigenvalue weighted by Gasteiger charge is -2.38. The van der Waals surface area contributed by atoms with Crippen LogP contribution < -0.4 is 24.8 Å². The van der Waals surface area contributed by atoms with Crippen LogP contribution in [0.4, 0.5) is 10.5 Å². The molecule has 2 fully saturated rings. The number of urea groups is 1. The van der Waals surface area contributed by atoms with E-state index in [0.29, 0.717) is 48.5 Å². The highest BCUT2D eigenvalue weighted by molar-refractivity contribution is 7.90. The summed E-state index contributed by atoms with van der Waals surface area (Å²) in [4.78, 5) is 17.8. The first-order valence-electron chi connectivity index (χ1n) is 13.8. The van der Waals surface area contributed by atoms with Crippen molar-refractivity contribution in [2.24, 2.45) is 5.92 Å². The van der Waals surface area contributed by atoms with Gasteiger partial charge in [0.2, 0.25) is 5.75 Å². The molecule has 2 aromatic rings. The molecule has 2 amide bonds. The van der Waals surface area contributed by atoms with Crippen LogP contribution in [-0.2, 0) is 16.3 Å². The van der Waals surface area contributed by atoms with Gasteiger partial charge in [0.1, 0.15) is 9.84 Å². The number of amides is 2. The molecule has 2 atom stereocenters. The van der Waals surface area contributed by atoms with Gasteiger partial charge in [0.15, 0.2) is 11.5 Å². The van der Waals surface area contributed by atoms with Crippen LogP contribution in [0.25, 0.3) is 0 Å². The standard InChI is InChI=1S/C29H41ClN4O6S/c1-38-26-16-23(17-27(39-2)28(26)40-3)31-29(35)32-24-18-33(13-14-41(4,36)37)19-25(24)34-11-9-21(10-12-34)15-20-5-7-22(30)8-6-20/h5-8,16-17,21,24-25H,9-15,18-19H2,1-4H3,(H2,31,32,35). The molecule has 0 aliphatic carbocycles. The van der Waals surface area contributed by atoms with Crippen LogP contribution in [-0.4, -0.2) is 102 Å². The van der Waals surface area contributed by atoms with Gasteiger partial charge in [0, 0.05) is 49.1 Å². The molecular weight excluding hydrogens is 568 g/mol. The van der Waals surface area contributed by atoms with Crippen molar-refractivity contribution in [3.8, 4) is 17.2 Å². The highest BCUT2D eigenvalue weighted by Crippen LogP contribution is 2.40. The fourth-order valence-corrected chi connectivity index (χ4v) is 6.50. The molecule has 4 rings (SSSR count). The van der Waals surface area contributed by atoms with Crippen molar-refractivity contribution in [2.45, 2.75) is 31.3 Å². The van der Waals surface area contributed by atoms with E-state index in [1.165, 1.54) is 33.1 Å². The normalized spacial score (nSPS) is 20.5. The van der Waals surface area contributed by atoms with E-state index in [2.05, 4.69) is 32.6 Å². The van der Waals surface area contributed by atoms with Gasteiger partial charge < -0.3 is 24.8 Å². The number of piperidine rings is 1. The second kappa shape index (κ2) is 14.0. The van der Waals surface area contributed by atoms with Gasteiger partial charge in [-0.1, -0.05) is 23.7 Å². The number of benzene rings is 2. The van der Waals surface area contributed by atoms with Crippen molar-refractivity contribution in [2.75, 3.05) is 71.4 Å². The minimum absolute atomic E-state index is 0.0803. The lowest BCUT2D eigenvalue weighted by Crippen LogP contribution is -2.54. The number of carbonyl (C=O) groups excluding carboxylic acids is 1. The Kier molecular flexibility index (Phi) is 10.6. The maximum atomic E-state index is 13.2. The van der Waals surface area contributed by atoms with E-state index in [1.807, 2.05) is 12.1 Å². The average Bonchev–Trinajstić information content (AvgIpc) is 3.35. The summed E-state index contributed by atoms with van der Waals surface area (Å²) in [7, 11) is 1.48. The van der Waals surface area contributed by atoms with Gasteiger partial charge in [0.25, 0.3) is 0 Å². The van der Waals surface area contributed by atoms with Gasteiger partial charge in [-0.05, 0) is 56.0 Å². The Labute approximate surface area is 248 Å². The first kappa shape index (κ1) is 31.2. The third-order valence-electron chi connectivity index (χ3n) is 7.94. The Morgan fingerprint density at radius 1 is 1.00 bits per heavy atom. The second-order valence-corrected chi connectivity index (χ2v) is 13.6. The number of likely N-dealkylation sites (tertiary alicyclic amines) is 2. The van der Waals surface area contributed by atoms with Crippen LogP contribution in [0.15, 0.2) is 36.4 Å². The highest BCUT2D eigenvalue weighted by Gasteiger charge is 2.39. The van der Waals surface area contributed by atoms with Gasteiger partial charge in [-0.15, -0.1) is 0 Å². The number of nitrogens with zero attached hydrogens (tertiary/aromatic N) is 2. The molecule has 0 radical (unpaired) electrons. The van der Waals surface area contributed by atoms with Crippen LogP contribution in [0.2, 0.25) is 5.02 Å². The molecule has 2 aliphatic heterocycles. The summed E-state index contributed by atoms with van der Waals surface area (Å²) in [6, 6.07) is 11.0. The van der Waals surface area contributed by atoms with E-state index in [4.69, 9.17) is 25.8 Å². The molecule has 0 aromatic heterocycles. The number of ether oxygens (including phenoxy) is 3. The summed E-state index contributed by atoms with van der Waals surface area (Å²) in [5.74, 6) is 2.00. The Morgan fingerprint density at radius 2 is 1.63 bits per heavy atom. The van der Waals surface area contributed by atoms with Crippen molar-refractivity contribution >= 4 is 33.2 Å². The fourth-order valence-electron chi connectivity index (χ4n) is 5.79. The van der Waals surface area contributed by atoms with Crippen LogP contribution in [0.3, 0.4) is 0 Å². The number of carbonyl (C=O) groups is 1. The number of methoxy groups -OCH3 is 3. The predicted molar refractivity (Wildman–Crippen MR) is 161 cm³/mol. The maximum absolute atomic E-state index is 13.2. The zero-order chi connectivity index (χ0) is 29.6. The molecule has 226 valence electrons. The summed E-state index contributed by atoms with van der Waals surface area (Å²) < 4.78 is 39.9. The molecule has 2 aromatic carbocycles. The first-order valence-corrected chi connectivity index (χ1v) is 16.3. The summed E-state index contributed by atoms with van der Waals surface area (Å²) >= 11 is 6.05. The lowest BCUT2D eigenvalue weighted by molar-refractivity contribution is 0.122. The monoisotopic (exact) mass is 608 g/mol. The van der Waals surface area contributed by atoms with E-state index in [0.717, 1.165) is 37.4 Å². The highest BCUT2D eigenvalue weighted by atomic mass is 35.5. The van der Waals surface area contributed by atoms with E-state index in [-0.39, 0.29) is 23.9 Å². The molecule has 0 saturated carbocycles. The molecule has 2 heterocycles. The van der Waals surface area contributed by atoms with E-state index >= 15 is 0 Å². The number of hydrogen-bond donors (Lipinski definition) is 2. The Hall–Kier alpha value is -2.73. The average molecular weight is 609 g/mol. The van der Waals surface area contributed by atoms with Gasteiger partial charge >= 0.3 is 6.03 Å². The lowest BCUT2D eigenvalue weighted by atomic mass is 9.89. The summed E-state index contributed by atoms with van der Waals surface area (Å²) in [5, 5.41) is 6.80. The van der Waals surface area contributed by atoms with Crippen molar-refractivity contribution in [3.05, 3.63) is 47.0 Å². The molecule has 2 N–H and O–H groups in total. The zero-order valence-corrected chi connectivity index (χ0v) is 25.8. The maximum Gasteiger partial charge on any atom is 0.319 e. The molecule has 10 nitrogen and oxygen atoms in total. The molecule has 2 unspecified atom stereocenters. The Balaban J connectivity index is 1.41. The number of hydrogen-bond acceptors (Lipinski definition) is 8. The number of rotatable bonds is 11. The summed E-state index contributed by atoms with van der Waals surface area (Å²) in [5.41, 5.74) is 1.80. The molecule has 2 saturated heterocycles. The number of nitrogens with one attached hydrogen (secondary N) is 2. The van der Waals surface area contributed by atoms with E-state index in [1.54, 1.807) is 12.1 Å². The van der Waals surface area contributed by atoms with Gasteiger partial charge in [-0.25, -0.2) is 13.2 Å². The zero-order valence-electron chi connectivity index (χ0n) is 24.2. The largest absolute Gasteiger partial charge is 0.493 e. The Morgan fingerprint density at radius 3 is 2.20 bits per heavy atom. The van der Waals surface area contributed by atoms with Crippen molar-refractivity contribution in [1.29, 1.82) is 0 Å². The van der Waals surface area contributed by atoms with Crippen LogP contribution in [0.1, 0.15) is 18.4 Å².